The Balaban J connectivity index is 1.49. The number of hydrogen-bond acceptors (Lipinski definition) is 2. The Labute approximate surface area is 150 Å². The number of rotatable bonds is 4. The van der Waals surface area contributed by atoms with Crippen molar-refractivity contribution in [2.45, 2.75) is 50.6 Å². The van der Waals surface area contributed by atoms with Gasteiger partial charge in [-0.2, -0.15) is 0 Å². The van der Waals surface area contributed by atoms with Crippen molar-refractivity contribution >= 4 is 10.8 Å². The molecule has 1 aliphatic rings. The second kappa shape index (κ2) is 7.37. The summed E-state index contributed by atoms with van der Waals surface area (Å²) >= 11 is 0. The first-order chi connectivity index (χ1) is 12.3. The predicted octanol–water partition coefficient (Wildman–Crippen LogP) is 5.61. The molecule has 2 heteroatoms. The molecule has 2 aromatic carbocycles. The highest BCUT2D eigenvalue weighted by molar-refractivity contribution is 5.86. The number of pyridine rings is 1. The van der Waals surface area contributed by atoms with Crippen molar-refractivity contribution < 1.29 is 0 Å². The van der Waals surface area contributed by atoms with Crippen LogP contribution in [0.2, 0.25) is 0 Å². The van der Waals surface area contributed by atoms with Gasteiger partial charge in [-0.3, -0.25) is 4.98 Å². The zero-order chi connectivity index (χ0) is 17.1. The number of fused-ring (bicyclic) bond motifs is 1. The van der Waals surface area contributed by atoms with Crippen LogP contribution in [0.4, 0.5) is 0 Å². The summed E-state index contributed by atoms with van der Waals surface area (Å²) in [6.07, 6.45) is 6.91. The third kappa shape index (κ3) is 3.59. The maximum absolute atomic E-state index is 4.59. The molecule has 0 aliphatic heterocycles. The lowest BCUT2D eigenvalue weighted by Crippen LogP contribution is -2.35. The van der Waals surface area contributed by atoms with Gasteiger partial charge in [-0.25, -0.2) is 0 Å². The maximum atomic E-state index is 4.59. The van der Waals surface area contributed by atoms with Crippen LogP contribution in [0.5, 0.6) is 0 Å². The molecule has 128 valence electrons. The van der Waals surface area contributed by atoms with E-state index in [1.807, 2.05) is 12.3 Å². The molecule has 1 fully saturated rings. The van der Waals surface area contributed by atoms with E-state index in [0.717, 1.165) is 0 Å². The quantitative estimate of drug-likeness (QED) is 0.672. The smallest absolute Gasteiger partial charge is 0.0435 e. The molecule has 2 unspecified atom stereocenters. The van der Waals surface area contributed by atoms with Crippen LogP contribution >= 0.6 is 0 Å². The molecule has 3 aromatic rings. The van der Waals surface area contributed by atoms with Gasteiger partial charge in [0.25, 0.3) is 0 Å². The minimum Gasteiger partial charge on any atom is -0.307 e. The minimum absolute atomic E-state index is 0.360. The van der Waals surface area contributed by atoms with Crippen LogP contribution in [0.3, 0.4) is 0 Å². The molecule has 1 aromatic heterocycles. The van der Waals surface area contributed by atoms with E-state index in [2.05, 4.69) is 71.8 Å². The molecule has 25 heavy (non-hydrogen) atoms. The Kier molecular flexibility index (Phi) is 4.80. The average molecular weight is 330 g/mol. The van der Waals surface area contributed by atoms with Crippen molar-refractivity contribution in [3.05, 3.63) is 78.1 Å². The summed E-state index contributed by atoms with van der Waals surface area (Å²) in [5.74, 6) is 0.590. The third-order valence-corrected chi connectivity index (χ3v) is 5.56. The number of nitrogens with one attached hydrogen (secondary N) is 1. The molecule has 0 saturated heterocycles. The highest BCUT2D eigenvalue weighted by Crippen LogP contribution is 2.33. The summed E-state index contributed by atoms with van der Waals surface area (Å²) < 4.78 is 0. The Morgan fingerprint density at radius 3 is 2.68 bits per heavy atom. The lowest BCUT2D eigenvalue weighted by atomic mass is 9.83. The fraction of sp³-hybridized carbons (Fsp3) is 0.348. The van der Waals surface area contributed by atoms with Gasteiger partial charge < -0.3 is 5.32 Å². The molecule has 3 atom stereocenters. The van der Waals surface area contributed by atoms with Crippen LogP contribution in [0.25, 0.3) is 10.8 Å². The van der Waals surface area contributed by atoms with Crippen molar-refractivity contribution in [3.63, 3.8) is 0 Å². The van der Waals surface area contributed by atoms with Crippen LogP contribution in [-0.4, -0.2) is 11.0 Å². The van der Waals surface area contributed by atoms with Gasteiger partial charge in [0.1, 0.15) is 0 Å². The SMILES string of the molecule is C[C@@H](NC1CCCC(c2ccccn2)C1)c1cccc2ccccc12. The monoisotopic (exact) mass is 330 g/mol. The van der Waals surface area contributed by atoms with E-state index in [1.54, 1.807) is 0 Å². The molecule has 1 N–H and O–H groups in total. The lowest BCUT2D eigenvalue weighted by Gasteiger charge is -2.32. The van der Waals surface area contributed by atoms with E-state index < -0.39 is 0 Å². The van der Waals surface area contributed by atoms with Gasteiger partial charge in [0.05, 0.1) is 0 Å². The summed E-state index contributed by atoms with van der Waals surface area (Å²) in [5, 5.41) is 6.59. The summed E-state index contributed by atoms with van der Waals surface area (Å²) in [4.78, 5) is 4.59. The van der Waals surface area contributed by atoms with Crippen molar-refractivity contribution in [2.24, 2.45) is 0 Å². The summed E-state index contributed by atoms with van der Waals surface area (Å²) in [7, 11) is 0. The van der Waals surface area contributed by atoms with Gasteiger partial charge in [-0.05, 0) is 54.7 Å². The van der Waals surface area contributed by atoms with E-state index in [9.17, 15) is 0 Å². The van der Waals surface area contributed by atoms with E-state index in [1.165, 1.54) is 47.7 Å². The van der Waals surface area contributed by atoms with Crippen LogP contribution < -0.4 is 5.32 Å². The summed E-state index contributed by atoms with van der Waals surface area (Å²) in [6, 6.07) is 22.5. The molecule has 1 heterocycles. The average Bonchev–Trinajstić information content (AvgIpc) is 2.68. The molecule has 0 bridgehead atoms. The number of hydrogen-bond donors (Lipinski definition) is 1. The largest absolute Gasteiger partial charge is 0.307 e. The van der Waals surface area contributed by atoms with E-state index in [4.69, 9.17) is 0 Å². The second-order valence-electron chi connectivity index (χ2n) is 7.27. The second-order valence-corrected chi connectivity index (χ2v) is 7.27. The van der Waals surface area contributed by atoms with Crippen LogP contribution in [0, 0.1) is 0 Å². The van der Waals surface area contributed by atoms with Gasteiger partial charge in [0.15, 0.2) is 0 Å². The van der Waals surface area contributed by atoms with Crippen molar-refractivity contribution in [2.75, 3.05) is 0 Å². The molecular weight excluding hydrogens is 304 g/mol. The zero-order valence-electron chi connectivity index (χ0n) is 14.9. The van der Waals surface area contributed by atoms with E-state index in [-0.39, 0.29) is 0 Å². The molecule has 1 saturated carbocycles. The Morgan fingerprint density at radius 2 is 1.80 bits per heavy atom. The van der Waals surface area contributed by atoms with Crippen LogP contribution in [0.15, 0.2) is 66.9 Å². The number of aromatic nitrogens is 1. The standard InChI is InChI=1S/C23H26N2/c1-17(21-13-7-9-18-8-2-3-12-22(18)21)25-20-11-6-10-19(16-20)23-14-4-5-15-24-23/h2-5,7-9,12-15,17,19-20,25H,6,10-11,16H2,1H3/t17-,19?,20?/m1/s1. The Morgan fingerprint density at radius 1 is 0.960 bits per heavy atom. The van der Waals surface area contributed by atoms with Crippen molar-refractivity contribution in [1.29, 1.82) is 0 Å². The minimum atomic E-state index is 0.360. The first-order valence-electron chi connectivity index (χ1n) is 9.46. The highest BCUT2D eigenvalue weighted by Gasteiger charge is 2.25. The molecule has 0 amide bonds. The lowest BCUT2D eigenvalue weighted by molar-refractivity contribution is 0.316. The van der Waals surface area contributed by atoms with E-state index >= 15 is 0 Å². The topological polar surface area (TPSA) is 24.9 Å². The molecule has 0 radical (unpaired) electrons. The van der Waals surface area contributed by atoms with Gasteiger partial charge in [0.2, 0.25) is 0 Å². The van der Waals surface area contributed by atoms with Crippen LogP contribution in [-0.2, 0) is 0 Å². The summed E-state index contributed by atoms with van der Waals surface area (Å²) in [6.45, 7) is 2.30. The van der Waals surface area contributed by atoms with E-state index in [0.29, 0.717) is 18.0 Å². The summed E-state index contributed by atoms with van der Waals surface area (Å²) in [5.41, 5.74) is 2.66. The Hall–Kier alpha value is -2.19. The van der Waals surface area contributed by atoms with Crippen molar-refractivity contribution in [3.8, 4) is 0 Å². The number of benzene rings is 2. The van der Waals surface area contributed by atoms with Crippen molar-refractivity contribution in [1.82, 2.24) is 10.3 Å². The molecule has 1 aliphatic carbocycles. The number of nitrogens with zero attached hydrogens (tertiary/aromatic N) is 1. The maximum Gasteiger partial charge on any atom is 0.0435 e. The zero-order valence-corrected chi connectivity index (χ0v) is 14.9. The van der Waals surface area contributed by atoms with Crippen LogP contribution in [0.1, 0.15) is 55.8 Å². The fourth-order valence-electron chi connectivity index (χ4n) is 4.30. The molecular formula is C23H26N2. The first-order valence-corrected chi connectivity index (χ1v) is 9.46. The molecule has 4 rings (SSSR count). The highest BCUT2D eigenvalue weighted by atomic mass is 14.9. The first kappa shape index (κ1) is 16.3. The fourth-order valence-corrected chi connectivity index (χ4v) is 4.30. The predicted molar refractivity (Wildman–Crippen MR) is 105 cm³/mol. The van der Waals surface area contributed by atoms with Gasteiger partial charge in [-0.15, -0.1) is 0 Å². The molecule has 0 spiro atoms. The molecule has 2 nitrogen and oxygen atoms in total. The van der Waals surface area contributed by atoms with Gasteiger partial charge >= 0.3 is 0 Å². The Bertz CT molecular complexity index is 822. The normalized spacial score (nSPS) is 22.0. The van der Waals surface area contributed by atoms with Gasteiger partial charge in [-0.1, -0.05) is 55.0 Å². The van der Waals surface area contributed by atoms with Gasteiger partial charge in [0, 0.05) is 29.9 Å². The third-order valence-electron chi connectivity index (χ3n) is 5.56.